The van der Waals surface area contributed by atoms with E-state index in [0.717, 1.165) is 42.1 Å². The van der Waals surface area contributed by atoms with Crippen LogP contribution in [-0.4, -0.2) is 113 Å². The number of rotatable bonds is 14. The van der Waals surface area contributed by atoms with Gasteiger partial charge in [-0.1, -0.05) is 67.7 Å². The maximum atomic E-state index is 12.2. The molecule has 0 bridgehead atoms. The molecule has 10 unspecified atom stereocenters. The standard InChI is InChI=1S/C40H52N2O13S/c1-22-33(19-42-15-14-31(48)18-42)54-40(55-36(22)29-10-8-28(20-43)9-11-29)30-12-6-27(7-13-30)17-41-35(56)16-32-37(50-24(3)45)39(52-26(5)47)38(51-25(4)46)34(53-32)21-49-23(2)44/h6-13,22,31-34,36-40,43,48H,14-21H2,1-5H3,(H,41,56). The number of nitrogens with zero attached hydrogens (tertiary/aromatic N) is 1. The quantitative estimate of drug-likeness (QED) is 0.144. The Kier molecular flexibility index (Phi) is 15.3. The summed E-state index contributed by atoms with van der Waals surface area (Å²) in [6.45, 7) is 8.85. The van der Waals surface area contributed by atoms with Crippen LogP contribution >= 0.6 is 12.2 Å². The first-order valence-electron chi connectivity index (χ1n) is 18.8. The van der Waals surface area contributed by atoms with Gasteiger partial charge in [-0.25, -0.2) is 0 Å². The van der Waals surface area contributed by atoms with Crippen molar-refractivity contribution in [3.8, 4) is 0 Å². The Bertz CT molecular complexity index is 1670. The summed E-state index contributed by atoms with van der Waals surface area (Å²) in [7, 11) is 0. The third kappa shape index (κ3) is 11.8. The molecular weight excluding hydrogens is 749 g/mol. The fraction of sp³-hybridized carbons (Fsp3) is 0.575. The summed E-state index contributed by atoms with van der Waals surface area (Å²) in [5, 5.41) is 22.9. The zero-order valence-electron chi connectivity index (χ0n) is 32.3. The fourth-order valence-electron chi connectivity index (χ4n) is 7.29. The number of hydrogen-bond acceptors (Lipinski definition) is 15. The molecule has 10 atom stereocenters. The number of aliphatic hydroxyl groups excluding tert-OH is 2. The summed E-state index contributed by atoms with van der Waals surface area (Å²) < 4.78 is 41.1. The van der Waals surface area contributed by atoms with E-state index in [2.05, 4.69) is 17.1 Å². The lowest BCUT2D eigenvalue weighted by atomic mass is 9.90. The molecule has 3 fully saturated rings. The zero-order valence-corrected chi connectivity index (χ0v) is 33.1. The number of likely N-dealkylation sites (tertiary alicyclic amines) is 1. The molecule has 0 aliphatic carbocycles. The molecule has 0 spiro atoms. The average molecular weight is 801 g/mol. The number of carbonyl (C=O) groups is 4. The van der Waals surface area contributed by atoms with Gasteiger partial charge in [-0.15, -0.1) is 0 Å². The average Bonchev–Trinajstić information content (AvgIpc) is 3.57. The lowest BCUT2D eigenvalue weighted by Crippen LogP contribution is -2.62. The normalized spacial score (nSPS) is 29.2. The Labute approximate surface area is 331 Å². The van der Waals surface area contributed by atoms with E-state index < -0.39 is 60.7 Å². The molecule has 0 amide bonds. The van der Waals surface area contributed by atoms with Crippen LogP contribution in [0.1, 0.15) is 82.1 Å². The Morgan fingerprint density at radius 3 is 1.95 bits per heavy atom. The van der Waals surface area contributed by atoms with Crippen LogP contribution in [0.5, 0.6) is 0 Å². The van der Waals surface area contributed by atoms with Gasteiger partial charge in [-0.3, -0.25) is 24.1 Å². The molecule has 3 heterocycles. The summed E-state index contributed by atoms with van der Waals surface area (Å²) in [6, 6.07) is 15.5. The second-order valence-electron chi connectivity index (χ2n) is 14.5. The van der Waals surface area contributed by atoms with Crippen molar-refractivity contribution in [3.05, 3.63) is 70.8 Å². The number of aliphatic hydroxyl groups is 2. The van der Waals surface area contributed by atoms with Crippen molar-refractivity contribution < 1.29 is 62.5 Å². The minimum atomic E-state index is -1.27. The van der Waals surface area contributed by atoms with Crippen LogP contribution in [0.2, 0.25) is 0 Å². The summed E-state index contributed by atoms with van der Waals surface area (Å²) in [4.78, 5) is 50.7. The van der Waals surface area contributed by atoms with Crippen LogP contribution in [0.15, 0.2) is 48.5 Å². The van der Waals surface area contributed by atoms with Crippen LogP contribution in [-0.2, 0) is 65.5 Å². The third-order valence-corrected chi connectivity index (χ3v) is 10.3. The molecule has 56 heavy (non-hydrogen) atoms. The fourth-order valence-corrected chi connectivity index (χ4v) is 7.53. The van der Waals surface area contributed by atoms with Crippen LogP contribution in [0.4, 0.5) is 0 Å². The highest BCUT2D eigenvalue weighted by atomic mass is 32.1. The molecule has 3 N–H and O–H groups in total. The van der Waals surface area contributed by atoms with Gasteiger partial charge in [0.15, 0.2) is 24.6 Å². The number of ether oxygens (including phenoxy) is 7. The Balaban J connectivity index is 1.27. The van der Waals surface area contributed by atoms with Crippen LogP contribution in [0.25, 0.3) is 0 Å². The predicted molar refractivity (Wildman–Crippen MR) is 202 cm³/mol. The van der Waals surface area contributed by atoms with E-state index in [1.165, 1.54) is 20.8 Å². The van der Waals surface area contributed by atoms with Crippen molar-refractivity contribution in [2.24, 2.45) is 5.92 Å². The van der Waals surface area contributed by atoms with E-state index >= 15 is 0 Å². The van der Waals surface area contributed by atoms with Crippen LogP contribution < -0.4 is 5.32 Å². The molecule has 5 rings (SSSR count). The Hall–Kier alpha value is -4.03. The van der Waals surface area contributed by atoms with Crippen LogP contribution in [0.3, 0.4) is 0 Å². The summed E-state index contributed by atoms with van der Waals surface area (Å²) in [6.07, 6.45) is -6.45. The van der Waals surface area contributed by atoms with Crippen molar-refractivity contribution in [2.75, 3.05) is 26.2 Å². The number of thiocarbonyl (C=S) groups is 1. The first kappa shape index (κ1) is 43.1. The first-order valence-corrected chi connectivity index (χ1v) is 19.2. The van der Waals surface area contributed by atoms with E-state index in [1.54, 1.807) is 0 Å². The monoisotopic (exact) mass is 800 g/mol. The van der Waals surface area contributed by atoms with Gasteiger partial charge >= 0.3 is 23.9 Å². The van der Waals surface area contributed by atoms with E-state index in [-0.39, 0.29) is 43.9 Å². The van der Waals surface area contributed by atoms with Gasteiger partial charge in [0.2, 0.25) is 0 Å². The highest BCUT2D eigenvalue weighted by molar-refractivity contribution is 7.80. The van der Waals surface area contributed by atoms with E-state index in [1.807, 2.05) is 48.5 Å². The molecule has 3 saturated heterocycles. The van der Waals surface area contributed by atoms with Crippen molar-refractivity contribution >= 4 is 41.1 Å². The van der Waals surface area contributed by atoms with Gasteiger partial charge in [0.05, 0.1) is 29.9 Å². The van der Waals surface area contributed by atoms with Gasteiger partial charge in [-0.05, 0) is 23.1 Å². The smallest absolute Gasteiger partial charge is 0.303 e. The summed E-state index contributed by atoms with van der Waals surface area (Å²) in [5.41, 5.74) is 3.51. The Morgan fingerprint density at radius 2 is 1.38 bits per heavy atom. The van der Waals surface area contributed by atoms with Crippen molar-refractivity contribution in [1.82, 2.24) is 10.2 Å². The largest absolute Gasteiger partial charge is 0.463 e. The molecule has 0 aromatic heterocycles. The molecule has 0 radical (unpaired) electrons. The van der Waals surface area contributed by atoms with Gasteiger partial charge in [-0.2, -0.15) is 0 Å². The van der Waals surface area contributed by atoms with Gasteiger partial charge in [0, 0.05) is 71.8 Å². The van der Waals surface area contributed by atoms with E-state index in [0.29, 0.717) is 24.6 Å². The second kappa shape index (κ2) is 19.9. The van der Waals surface area contributed by atoms with Crippen LogP contribution in [0, 0.1) is 5.92 Å². The maximum absolute atomic E-state index is 12.2. The number of nitrogens with one attached hydrogen (secondary N) is 1. The van der Waals surface area contributed by atoms with Crippen molar-refractivity contribution in [3.63, 3.8) is 0 Å². The van der Waals surface area contributed by atoms with Crippen molar-refractivity contribution in [2.45, 2.75) is 116 Å². The predicted octanol–water partition coefficient (Wildman–Crippen LogP) is 2.97. The second-order valence-corrected chi connectivity index (χ2v) is 15.0. The van der Waals surface area contributed by atoms with Gasteiger partial charge in [0.25, 0.3) is 0 Å². The first-order chi connectivity index (χ1) is 26.7. The summed E-state index contributed by atoms with van der Waals surface area (Å²) in [5.74, 6) is -2.71. The molecule has 0 saturated carbocycles. The maximum Gasteiger partial charge on any atom is 0.303 e. The number of esters is 4. The molecule has 15 nitrogen and oxygen atoms in total. The molecule has 2 aromatic carbocycles. The molecular formula is C40H52N2O13S. The van der Waals surface area contributed by atoms with Gasteiger partial charge in [0.1, 0.15) is 18.8 Å². The number of benzene rings is 2. The third-order valence-electron chi connectivity index (χ3n) is 10.0. The molecule has 3 aliphatic heterocycles. The molecule has 306 valence electrons. The zero-order chi connectivity index (χ0) is 40.5. The molecule has 16 heteroatoms. The molecule has 3 aliphatic rings. The van der Waals surface area contributed by atoms with Crippen molar-refractivity contribution in [1.29, 1.82) is 0 Å². The number of carbonyl (C=O) groups excluding carboxylic acids is 4. The van der Waals surface area contributed by atoms with E-state index in [4.69, 9.17) is 45.4 Å². The van der Waals surface area contributed by atoms with Gasteiger partial charge < -0.3 is 48.7 Å². The van der Waals surface area contributed by atoms with E-state index in [9.17, 15) is 29.4 Å². The lowest BCUT2D eigenvalue weighted by Gasteiger charge is -2.44. The molecule has 2 aromatic rings. The lowest BCUT2D eigenvalue weighted by molar-refractivity contribution is -0.276. The minimum Gasteiger partial charge on any atom is -0.463 e. The summed E-state index contributed by atoms with van der Waals surface area (Å²) >= 11 is 5.68. The minimum absolute atomic E-state index is 0.0100. The highest BCUT2D eigenvalue weighted by Crippen LogP contribution is 2.42. The number of β-amino-alcohol motifs (C(OH)–C–C–N with tert-alkyl or cyclic N) is 1. The Morgan fingerprint density at radius 1 is 0.786 bits per heavy atom. The topological polar surface area (TPSA) is 189 Å². The SMILES string of the molecule is CC(=O)OCC1OC(CC(=S)NCc2ccc(C3OC(CN4CCC(O)C4)C(C)C(c4ccc(CO)cc4)O3)cc2)C(OC(C)=O)C(OC(C)=O)C1OC(C)=O. The number of hydrogen-bond donors (Lipinski definition) is 3. The highest BCUT2D eigenvalue weighted by Gasteiger charge is 2.52.